The van der Waals surface area contributed by atoms with Crippen LogP contribution in [0, 0.1) is 0 Å². The maximum absolute atomic E-state index is 11.5. The van der Waals surface area contributed by atoms with Crippen molar-refractivity contribution in [2.45, 2.75) is 25.7 Å². The lowest BCUT2D eigenvalue weighted by Gasteiger charge is -2.15. The van der Waals surface area contributed by atoms with E-state index in [9.17, 15) is 9.59 Å². The van der Waals surface area contributed by atoms with Gasteiger partial charge in [0.2, 0.25) is 5.24 Å². The molecule has 2 rings (SSSR count). The third-order valence-corrected chi connectivity index (χ3v) is 2.80. The number of Topliss-reactive ketones (excluding diaryl/α,β-unsaturated/α-hetero) is 1. The Balaban J connectivity index is 2.33. The van der Waals surface area contributed by atoms with Gasteiger partial charge in [-0.15, -0.1) is 0 Å². The van der Waals surface area contributed by atoms with Crippen molar-refractivity contribution in [3.8, 4) is 0 Å². The van der Waals surface area contributed by atoms with E-state index in [2.05, 4.69) is 0 Å². The molecule has 1 aliphatic rings. The van der Waals surface area contributed by atoms with E-state index in [0.717, 1.165) is 29.5 Å². The largest absolute Gasteiger partial charge is 0.294 e. The highest BCUT2D eigenvalue weighted by Gasteiger charge is 2.17. The molecule has 0 amide bonds. The quantitative estimate of drug-likeness (QED) is 0.721. The Hall–Kier alpha value is -1.15. The van der Waals surface area contributed by atoms with Crippen molar-refractivity contribution >= 4 is 22.6 Å². The minimum absolute atomic E-state index is 0.208. The second kappa shape index (κ2) is 4.15. The molecule has 2 nitrogen and oxygen atoms in total. The molecule has 0 unspecified atom stereocenters. The summed E-state index contributed by atoms with van der Waals surface area (Å²) < 4.78 is 0. The molecule has 0 heterocycles. The highest BCUT2D eigenvalue weighted by atomic mass is 35.5. The first-order valence-corrected chi connectivity index (χ1v) is 5.38. The van der Waals surface area contributed by atoms with E-state index in [4.69, 9.17) is 11.6 Å². The SMILES string of the molecule is O=C(Cl)Cc1ccc2c(c1)CCCC2=O. The van der Waals surface area contributed by atoms with Gasteiger partial charge in [0.1, 0.15) is 0 Å². The average Bonchev–Trinajstić information content (AvgIpc) is 2.17. The third-order valence-electron chi connectivity index (χ3n) is 2.66. The van der Waals surface area contributed by atoms with Gasteiger partial charge in [-0.3, -0.25) is 9.59 Å². The Kier molecular flexibility index (Phi) is 2.87. The minimum atomic E-state index is -0.364. The lowest BCUT2D eigenvalue weighted by atomic mass is 9.89. The highest BCUT2D eigenvalue weighted by molar-refractivity contribution is 6.63. The fourth-order valence-electron chi connectivity index (χ4n) is 1.97. The van der Waals surface area contributed by atoms with Crippen LogP contribution in [0.5, 0.6) is 0 Å². The summed E-state index contributed by atoms with van der Waals surface area (Å²) in [6, 6.07) is 5.54. The molecule has 0 aliphatic heterocycles. The fourth-order valence-corrected chi connectivity index (χ4v) is 2.12. The second-order valence-corrected chi connectivity index (χ2v) is 4.22. The molecule has 78 valence electrons. The van der Waals surface area contributed by atoms with Crippen LogP contribution in [-0.4, -0.2) is 11.0 Å². The van der Waals surface area contributed by atoms with Gasteiger partial charge >= 0.3 is 0 Å². The Morgan fingerprint density at radius 3 is 2.87 bits per heavy atom. The molecular formula is C12H11ClO2. The van der Waals surface area contributed by atoms with Crippen molar-refractivity contribution in [3.63, 3.8) is 0 Å². The topological polar surface area (TPSA) is 34.1 Å². The zero-order chi connectivity index (χ0) is 10.8. The fraction of sp³-hybridized carbons (Fsp3) is 0.333. The van der Waals surface area contributed by atoms with E-state index in [1.54, 1.807) is 0 Å². The average molecular weight is 223 g/mol. The van der Waals surface area contributed by atoms with Crippen LogP contribution in [0.15, 0.2) is 18.2 Å². The first-order valence-electron chi connectivity index (χ1n) is 5.00. The van der Waals surface area contributed by atoms with Crippen LogP contribution in [0.3, 0.4) is 0 Å². The lowest BCUT2D eigenvalue weighted by molar-refractivity contribution is -0.111. The second-order valence-electron chi connectivity index (χ2n) is 3.80. The molecule has 0 saturated carbocycles. The minimum Gasteiger partial charge on any atom is -0.294 e. The Bertz CT molecular complexity index is 424. The highest BCUT2D eigenvalue weighted by Crippen LogP contribution is 2.22. The van der Waals surface area contributed by atoms with E-state index in [0.29, 0.717) is 6.42 Å². The van der Waals surface area contributed by atoms with Gasteiger partial charge in [-0.05, 0) is 35.6 Å². The Labute approximate surface area is 93.2 Å². The summed E-state index contributed by atoms with van der Waals surface area (Å²) in [6.07, 6.45) is 2.71. The van der Waals surface area contributed by atoms with E-state index in [1.807, 2.05) is 18.2 Å². The maximum Gasteiger partial charge on any atom is 0.226 e. The van der Waals surface area contributed by atoms with Crippen LogP contribution in [0.25, 0.3) is 0 Å². The van der Waals surface area contributed by atoms with Crippen LogP contribution in [0.1, 0.15) is 34.3 Å². The molecule has 0 fully saturated rings. The standard InChI is InChI=1S/C12H11ClO2/c13-12(15)7-8-4-5-10-9(6-8)2-1-3-11(10)14/h4-6H,1-3,7H2. The van der Waals surface area contributed by atoms with Crippen LogP contribution >= 0.6 is 11.6 Å². The van der Waals surface area contributed by atoms with Crippen LogP contribution < -0.4 is 0 Å². The number of halogens is 1. The molecule has 0 spiro atoms. The molecule has 1 aromatic rings. The summed E-state index contributed by atoms with van der Waals surface area (Å²) in [5.41, 5.74) is 2.76. The first-order chi connectivity index (χ1) is 7.16. The molecule has 15 heavy (non-hydrogen) atoms. The smallest absolute Gasteiger partial charge is 0.226 e. The molecule has 0 N–H and O–H groups in total. The number of rotatable bonds is 2. The summed E-state index contributed by atoms with van der Waals surface area (Å²) >= 11 is 5.32. The van der Waals surface area contributed by atoms with Gasteiger partial charge in [0.25, 0.3) is 0 Å². The first kappa shape index (κ1) is 10.4. The van der Waals surface area contributed by atoms with Crippen molar-refractivity contribution in [1.29, 1.82) is 0 Å². The Morgan fingerprint density at radius 2 is 2.13 bits per heavy atom. The molecular weight excluding hydrogens is 212 g/mol. The third kappa shape index (κ3) is 2.26. The number of ketones is 1. The molecule has 3 heteroatoms. The Morgan fingerprint density at radius 1 is 1.33 bits per heavy atom. The number of fused-ring (bicyclic) bond motifs is 1. The summed E-state index contributed by atoms with van der Waals surface area (Å²) in [5, 5.41) is -0.364. The van der Waals surface area contributed by atoms with Crippen molar-refractivity contribution in [2.75, 3.05) is 0 Å². The van der Waals surface area contributed by atoms with E-state index < -0.39 is 0 Å². The molecule has 0 atom stereocenters. The predicted molar refractivity (Wildman–Crippen MR) is 58.3 cm³/mol. The number of hydrogen-bond donors (Lipinski definition) is 0. The summed E-state index contributed by atoms with van der Waals surface area (Å²) in [5.74, 6) is 0.208. The van der Waals surface area contributed by atoms with Crippen molar-refractivity contribution in [3.05, 3.63) is 34.9 Å². The number of hydrogen-bond acceptors (Lipinski definition) is 2. The predicted octanol–water partition coefficient (Wildman–Crippen LogP) is 2.51. The zero-order valence-electron chi connectivity index (χ0n) is 8.25. The summed E-state index contributed by atoms with van der Waals surface area (Å²) in [7, 11) is 0. The number of carbonyl (C=O) groups excluding carboxylic acids is 2. The molecule has 0 saturated heterocycles. The number of benzene rings is 1. The van der Waals surface area contributed by atoms with Gasteiger partial charge in [-0.2, -0.15) is 0 Å². The molecule has 0 radical (unpaired) electrons. The van der Waals surface area contributed by atoms with Crippen LogP contribution in [0.2, 0.25) is 0 Å². The van der Waals surface area contributed by atoms with E-state index in [1.165, 1.54) is 0 Å². The maximum atomic E-state index is 11.5. The zero-order valence-corrected chi connectivity index (χ0v) is 9.01. The van der Waals surface area contributed by atoms with Gasteiger partial charge in [-0.25, -0.2) is 0 Å². The van der Waals surface area contributed by atoms with Gasteiger partial charge in [-0.1, -0.05) is 18.2 Å². The van der Waals surface area contributed by atoms with E-state index >= 15 is 0 Å². The van der Waals surface area contributed by atoms with Crippen LogP contribution in [0.4, 0.5) is 0 Å². The number of aryl methyl sites for hydroxylation is 1. The molecule has 0 bridgehead atoms. The number of carbonyl (C=O) groups is 2. The molecule has 1 aliphatic carbocycles. The van der Waals surface area contributed by atoms with Crippen molar-refractivity contribution in [2.24, 2.45) is 0 Å². The van der Waals surface area contributed by atoms with Gasteiger partial charge in [0, 0.05) is 18.4 Å². The molecule has 0 aromatic heterocycles. The van der Waals surface area contributed by atoms with Gasteiger partial charge < -0.3 is 0 Å². The van der Waals surface area contributed by atoms with E-state index in [-0.39, 0.29) is 17.4 Å². The van der Waals surface area contributed by atoms with Crippen molar-refractivity contribution < 1.29 is 9.59 Å². The van der Waals surface area contributed by atoms with Gasteiger partial charge in [0.15, 0.2) is 5.78 Å². The summed E-state index contributed by atoms with van der Waals surface area (Å²) in [4.78, 5) is 22.3. The summed E-state index contributed by atoms with van der Waals surface area (Å²) in [6.45, 7) is 0. The van der Waals surface area contributed by atoms with Gasteiger partial charge in [0.05, 0.1) is 0 Å². The normalized spacial score (nSPS) is 14.9. The monoisotopic (exact) mass is 222 g/mol. The van der Waals surface area contributed by atoms with Crippen LogP contribution in [-0.2, 0) is 17.6 Å². The van der Waals surface area contributed by atoms with Crippen molar-refractivity contribution in [1.82, 2.24) is 0 Å². The molecule has 1 aromatic carbocycles. The lowest BCUT2D eigenvalue weighted by Crippen LogP contribution is -2.11.